The summed E-state index contributed by atoms with van der Waals surface area (Å²) in [4.78, 5) is 26.1. The molecule has 3 atom stereocenters. The van der Waals surface area contributed by atoms with Crippen molar-refractivity contribution in [2.45, 2.75) is 104 Å². The Labute approximate surface area is 326 Å². The van der Waals surface area contributed by atoms with Crippen LogP contribution in [0.25, 0.3) is 11.1 Å². The SMILES string of the molecule is Cc1nc(CN2C3CC2CN(Cc2ccccc2)C3)c(-c2ccc(OCCc3ccc(F)cc3)cc2)c(N2CCC(C)(C)CC2)c1C(OC(C)(C)C)C(=O)O. The quantitative estimate of drug-likeness (QED) is 0.145. The number of piperidine rings is 2. The molecular formula is C46H57FN4O4. The molecule has 4 aromatic rings. The van der Waals surface area contributed by atoms with Gasteiger partial charge < -0.3 is 19.5 Å². The van der Waals surface area contributed by atoms with Gasteiger partial charge in [0.05, 0.1) is 23.6 Å². The summed E-state index contributed by atoms with van der Waals surface area (Å²) in [5.74, 6) is -0.523. The highest BCUT2D eigenvalue weighted by Gasteiger charge is 2.45. The van der Waals surface area contributed by atoms with Gasteiger partial charge in [-0.15, -0.1) is 0 Å². The van der Waals surface area contributed by atoms with Crippen LogP contribution in [0.2, 0.25) is 0 Å². The average molecular weight is 749 g/mol. The molecule has 0 aliphatic carbocycles. The number of piperazine rings is 1. The third kappa shape index (κ3) is 9.22. The summed E-state index contributed by atoms with van der Waals surface area (Å²) in [6.45, 7) is 18.1. The van der Waals surface area contributed by atoms with E-state index in [2.05, 4.69) is 71.0 Å². The van der Waals surface area contributed by atoms with Gasteiger partial charge in [0.15, 0.2) is 6.10 Å². The molecule has 3 unspecified atom stereocenters. The first-order valence-electron chi connectivity index (χ1n) is 19.9. The molecule has 9 heteroatoms. The van der Waals surface area contributed by atoms with Crippen LogP contribution in [0, 0.1) is 18.2 Å². The van der Waals surface area contributed by atoms with Crippen molar-refractivity contribution >= 4 is 11.7 Å². The first-order chi connectivity index (χ1) is 26.2. The van der Waals surface area contributed by atoms with Gasteiger partial charge in [-0.2, -0.15) is 0 Å². The van der Waals surface area contributed by atoms with E-state index >= 15 is 0 Å². The molecule has 0 saturated carbocycles. The second-order valence-corrected chi connectivity index (χ2v) is 17.5. The maximum absolute atomic E-state index is 13.4. The van der Waals surface area contributed by atoms with Gasteiger partial charge in [0.2, 0.25) is 0 Å². The predicted octanol–water partition coefficient (Wildman–Crippen LogP) is 8.84. The molecule has 4 fully saturated rings. The number of hydrogen-bond donors (Lipinski definition) is 1. The zero-order chi connectivity index (χ0) is 38.9. The van der Waals surface area contributed by atoms with E-state index in [1.165, 1.54) is 24.1 Å². The van der Waals surface area contributed by atoms with Crippen LogP contribution in [0.3, 0.4) is 0 Å². The fourth-order valence-electron chi connectivity index (χ4n) is 8.58. The highest BCUT2D eigenvalue weighted by Crippen LogP contribution is 2.46. The number of halogens is 1. The zero-order valence-corrected chi connectivity index (χ0v) is 33.4. The Hall–Kier alpha value is -4.31. The third-order valence-electron chi connectivity index (χ3n) is 11.6. The molecule has 4 aliphatic heterocycles. The largest absolute Gasteiger partial charge is 0.493 e. The number of aryl methyl sites for hydroxylation is 1. The molecule has 0 radical (unpaired) electrons. The van der Waals surface area contributed by atoms with Crippen molar-refractivity contribution in [1.29, 1.82) is 0 Å². The lowest BCUT2D eigenvalue weighted by Crippen LogP contribution is -2.67. The number of pyridine rings is 1. The van der Waals surface area contributed by atoms with Crippen LogP contribution >= 0.6 is 0 Å². The maximum atomic E-state index is 13.4. The van der Waals surface area contributed by atoms with Crippen LogP contribution in [0.5, 0.6) is 5.75 Å². The van der Waals surface area contributed by atoms with Crippen molar-refractivity contribution in [1.82, 2.24) is 14.8 Å². The van der Waals surface area contributed by atoms with E-state index in [9.17, 15) is 14.3 Å². The molecule has 5 heterocycles. The molecule has 292 valence electrons. The minimum atomic E-state index is -1.19. The summed E-state index contributed by atoms with van der Waals surface area (Å²) in [5.41, 5.74) is 7.05. The lowest BCUT2D eigenvalue weighted by molar-refractivity contribution is -0.160. The third-order valence-corrected chi connectivity index (χ3v) is 11.6. The van der Waals surface area contributed by atoms with Gasteiger partial charge in [-0.25, -0.2) is 9.18 Å². The van der Waals surface area contributed by atoms with E-state index in [-0.39, 0.29) is 11.2 Å². The van der Waals surface area contributed by atoms with Crippen LogP contribution in [-0.2, 0) is 29.0 Å². The smallest absolute Gasteiger partial charge is 0.337 e. The van der Waals surface area contributed by atoms with Gasteiger partial charge in [-0.3, -0.25) is 14.8 Å². The second-order valence-electron chi connectivity index (χ2n) is 17.5. The Morgan fingerprint density at radius 3 is 2.20 bits per heavy atom. The fourth-order valence-corrected chi connectivity index (χ4v) is 8.58. The van der Waals surface area contributed by atoms with Gasteiger partial charge in [0.1, 0.15) is 11.6 Å². The molecule has 0 amide bonds. The number of ether oxygens (including phenoxy) is 2. The number of fused-ring (bicyclic) bond motifs is 2. The van der Waals surface area contributed by atoms with E-state index in [1.807, 2.05) is 39.8 Å². The Morgan fingerprint density at radius 2 is 1.58 bits per heavy atom. The maximum Gasteiger partial charge on any atom is 0.337 e. The van der Waals surface area contributed by atoms with Crippen LogP contribution in [0.15, 0.2) is 78.9 Å². The molecule has 8 rings (SSSR count). The lowest BCUT2D eigenvalue weighted by atomic mass is 9.81. The fraction of sp³-hybridized carbons (Fsp3) is 0.478. The van der Waals surface area contributed by atoms with Crippen molar-refractivity contribution in [3.63, 3.8) is 0 Å². The van der Waals surface area contributed by atoms with Crippen molar-refractivity contribution in [2.75, 3.05) is 37.7 Å². The minimum Gasteiger partial charge on any atom is -0.493 e. The minimum absolute atomic E-state index is 0.198. The van der Waals surface area contributed by atoms with Crippen LogP contribution in [0.1, 0.15) is 88.1 Å². The molecule has 0 spiro atoms. The molecule has 1 aromatic heterocycles. The van der Waals surface area contributed by atoms with Gasteiger partial charge in [0.25, 0.3) is 0 Å². The standard InChI is InChI=1S/C46H57FN4O4/c1-31-40(43(44(52)53)55-45(2,3)4)42(50-23-21-46(5,6)22-24-50)41(34-14-18-38(19-15-34)54-25-20-32-12-16-35(47)17-13-32)39(48-31)30-51-36-26-37(51)29-49(28-36)27-33-10-8-7-9-11-33/h7-19,36-37,43H,20-30H2,1-6H3,(H,52,53). The molecule has 8 nitrogen and oxygen atoms in total. The van der Waals surface area contributed by atoms with Gasteiger partial charge in [-0.05, 0) is 93.3 Å². The van der Waals surface area contributed by atoms with Crippen molar-refractivity contribution in [3.8, 4) is 16.9 Å². The van der Waals surface area contributed by atoms with E-state index in [1.54, 1.807) is 12.1 Å². The second kappa shape index (κ2) is 16.0. The highest BCUT2D eigenvalue weighted by molar-refractivity contribution is 5.88. The molecule has 3 aromatic carbocycles. The number of nitrogens with zero attached hydrogens (tertiary/aromatic N) is 4. The first-order valence-corrected chi connectivity index (χ1v) is 19.9. The molecular weight excluding hydrogens is 692 g/mol. The number of anilines is 1. The number of hydrogen-bond acceptors (Lipinski definition) is 7. The summed E-state index contributed by atoms with van der Waals surface area (Å²) in [6.07, 6.45) is 2.65. The summed E-state index contributed by atoms with van der Waals surface area (Å²) in [7, 11) is 0. The number of benzene rings is 3. The van der Waals surface area contributed by atoms with E-state index in [4.69, 9.17) is 14.5 Å². The van der Waals surface area contributed by atoms with Crippen molar-refractivity contribution < 1.29 is 23.8 Å². The lowest BCUT2D eigenvalue weighted by Gasteiger charge is -2.56. The Balaban J connectivity index is 1.25. The summed E-state index contributed by atoms with van der Waals surface area (Å²) in [6, 6.07) is 26.3. The van der Waals surface area contributed by atoms with Crippen LogP contribution < -0.4 is 9.64 Å². The summed E-state index contributed by atoms with van der Waals surface area (Å²) < 4.78 is 26.0. The van der Waals surface area contributed by atoms with Crippen molar-refractivity contribution in [2.24, 2.45) is 5.41 Å². The Morgan fingerprint density at radius 1 is 0.927 bits per heavy atom. The van der Waals surface area contributed by atoms with E-state index < -0.39 is 17.7 Å². The number of carboxylic acids is 1. The van der Waals surface area contributed by atoms with Gasteiger partial charge >= 0.3 is 5.97 Å². The monoisotopic (exact) mass is 748 g/mol. The predicted molar refractivity (Wildman–Crippen MR) is 216 cm³/mol. The molecule has 4 aliphatic rings. The number of carboxylic acid groups (broad SMARTS) is 1. The van der Waals surface area contributed by atoms with Crippen molar-refractivity contribution in [3.05, 3.63) is 113 Å². The topological polar surface area (TPSA) is 78.4 Å². The first kappa shape index (κ1) is 38.9. The molecule has 4 saturated heterocycles. The number of aromatic nitrogens is 1. The Bertz CT molecular complexity index is 1920. The summed E-state index contributed by atoms with van der Waals surface area (Å²) >= 11 is 0. The highest BCUT2D eigenvalue weighted by atomic mass is 19.1. The number of carbonyl (C=O) groups is 1. The molecule has 2 bridgehead atoms. The normalized spacial score (nSPS) is 20.5. The van der Waals surface area contributed by atoms with E-state index in [0.717, 1.165) is 79.4 Å². The average Bonchev–Trinajstić information content (AvgIpc) is 3.14. The number of aliphatic carboxylic acids is 1. The van der Waals surface area contributed by atoms with Crippen LogP contribution in [0.4, 0.5) is 10.1 Å². The van der Waals surface area contributed by atoms with Gasteiger partial charge in [-0.1, -0.05) is 68.4 Å². The molecule has 55 heavy (non-hydrogen) atoms. The summed E-state index contributed by atoms with van der Waals surface area (Å²) in [5, 5.41) is 10.8. The van der Waals surface area contributed by atoms with E-state index in [0.29, 0.717) is 42.9 Å². The Kier molecular flexibility index (Phi) is 11.4. The number of rotatable bonds is 13. The zero-order valence-electron chi connectivity index (χ0n) is 33.4. The van der Waals surface area contributed by atoms with Crippen LogP contribution in [-0.4, -0.2) is 76.3 Å². The molecule has 1 N–H and O–H groups in total. The van der Waals surface area contributed by atoms with Gasteiger partial charge in [0, 0.05) is 74.6 Å².